The molecule has 2 heterocycles. The molecule has 0 spiro atoms. The van der Waals surface area contributed by atoms with Crippen LogP contribution in [0, 0.1) is 0 Å². The van der Waals surface area contributed by atoms with Crippen LogP contribution >= 0.6 is 0 Å². The molecule has 0 saturated carbocycles. The van der Waals surface area contributed by atoms with Crippen LogP contribution in [0.15, 0.2) is 70.5 Å². The topological polar surface area (TPSA) is 160 Å². The van der Waals surface area contributed by atoms with Gasteiger partial charge in [-0.2, -0.15) is 4.72 Å². The molecule has 3 aromatic rings. The maximum absolute atomic E-state index is 12.5. The molecule has 0 aliphatic carbocycles. The molecule has 0 fully saturated rings. The Morgan fingerprint density at radius 1 is 1.10 bits per heavy atom. The monoisotopic (exact) mass is 444 g/mol. The van der Waals surface area contributed by atoms with E-state index in [1.165, 1.54) is 34.7 Å². The normalized spacial score (nSPS) is 12.4. The summed E-state index contributed by atoms with van der Waals surface area (Å²) >= 11 is 0. The first-order chi connectivity index (χ1) is 14.7. The Kier molecular flexibility index (Phi) is 6.49. The zero-order chi connectivity index (χ0) is 22.6. The van der Waals surface area contributed by atoms with Crippen LogP contribution in [0.5, 0.6) is 0 Å². The molecule has 10 nitrogen and oxygen atoms in total. The largest absolute Gasteiger partial charge is 0.480 e. The number of nitrogens with two attached hydrogens (primary N) is 1. The molecule has 31 heavy (non-hydrogen) atoms. The van der Waals surface area contributed by atoms with Crippen molar-refractivity contribution in [2.75, 3.05) is 6.54 Å². The molecule has 11 heteroatoms. The van der Waals surface area contributed by atoms with E-state index in [4.69, 9.17) is 5.73 Å². The first kappa shape index (κ1) is 22.2. The van der Waals surface area contributed by atoms with Gasteiger partial charge in [0.05, 0.1) is 4.90 Å². The summed E-state index contributed by atoms with van der Waals surface area (Å²) in [6, 6.07) is 11.6. The Morgan fingerprint density at radius 2 is 1.81 bits per heavy atom. The van der Waals surface area contributed by atoms with E-state index in [0.717, 1.165) is 11.6 Å². The van der Waals surface area contributed by atoms with Crippen molar-refractivity contribution in [3.63, 3.8) is 0 Å². The summed E-state index contributed by atoms with van der Waals surface area (Å²) in [7, 11) is -4.10. The number of carbonyl (C=O) groups excluding carboxylic acids is 1. The molecule has 1 atom stereocenters. The van der Waals surface area contributed by atoms with Crippen molar-refractivity contribution >= 4 is 27.4 Å². The summed E-state index contributed by atoms with van der Waals surface area (Å²) in [4.78, 5) is 36.2. The fourth-order valence-electron chi connectivity index (χ4n) is 2.85. The highest BCUT2D eigenvalue weighted by molar-refractivity contribution is 7.89. The van der Waals surface area contributed by atoms with E-state index in [2.05, 4.69) is 5.32 Å². The first-order valence-corrected chi connectivity index (χ1v) is 10.6. The highest BCUT2D eigenvalue weighted by Crippen LogP contribution is 2.09. The number of pyridine rings is 2. The van der Waals surface area contributed by atoms with Crippen molar-refractivity contribution < 1.29 is 23.1 Å². The smallest absolute Gasteiger partial charge is 0.323 e. The van der Waals surface area contributed by atoms with Crippen molar-refractivity contribution in [2.24, 2.45) is 5.73 Å². The molecule has 0 aliphatic heterocycles. The zero-order valence-electron chi connectivity index (χ0n) is 16.2. The molecule has 2 aromatic heterocycles. The van der Waals surface area contributed by atoms with Crippen LogP contribution in [0.25, 0.3) is 5.52 Å². The summed E-state index contributed by atoms with van der Waals surface area (Å²) in [5.41, 5.74) is 6.31. The Morgan fingerprint density at radius 3 is 2.45 bits per heavy atom. The summed E-state index contributed by atoms with van der Waals surface area (Å²) < 4.78 is 28.1. The van der Waals surface area contributed by atoms with E-state index < -0.39 is 40.0 Å². The number of rotatable bonds is 8. The van der Waals surface area contributed by atoms with E-state index in [-0.39, 0.29) is 17.0 Å². The lowest BCUT2D eigenvalue weighted by molar-refractivity contribution is -0.138. The van der Waals surface area contributed by atoms with Crippen molar-refractivity contribution in [3.05, 3.63) is 82.3 Å². The van der Waals surface area contributed by atoms with E-state index in [1.807, 2.05) is 4.72 Å². The molecule has 3 rings (SSSR count). The van der Waals surface area contributed by atoms with Gasteiger partial charge in [-0.15, -0.1) is 0 Å². The van der Waals surface area contributed by atoms with E-state index in [1.54, 1.807) is 24.4 Å². The number of nitrogens with zero attached hydrogens (tertiary/aromatic N) is 1. The van der Waals surface area contributed by atoms with Crippen LogP contribution in [0.2, 0.25) is 0 Å². The molecule has 1 amide bonds. The Hall–Kier alpha value is -3.54. The number of hydrogen-bond acceptors (Lipinski definition) is 6. The second-order valence-corrected chi connectivity index (χ2v) is 8.37. The minimum atomic E-state index is -4.10. The number of fused-ring (bicyclic) bond motifs is 1. The van der Waals surface area contributed by atoms with Crippen molar-refractivity contribution in [1.29, 1.82) is 0 Å². The van der Waals surface area contributed by atoms with Gasteiger partial charge in [0.2, 0.25) is 10.0 Å². The third-order valence-electron chi connectivity index (χ3n) is 4.47. The molecule has 1 aromatic carbocycles. The highest BCUT2D eigenvalue weighted by atomic mass is 32.2. The fraction of sp³-hybridized carbons (Fsp3) is 0.150. The molecule has 0 radical (unpaired) electrons. The van der Waals surface area contributed by atoms with Gasteiger partial charge in [-0.1, -0.05) is 24.3 Å². The lowest BCUT2D eigenvalue weighted by atomic mass is 10.2. The van der Waals surface area contributed by atoms with Crippen LogP contribution in [-0.4, -0.2) is 42.4 Å². The van der Waals surface area contributed by atoms with Crippen molar-refractivity contribution in [3.8, 4) is 0 Å². The SMILES string of the molecule is NCc1ccc2cc(C(=O)NC[C@H](NS(=O)(=O)c3ccccc3)C(=O)O)cc(=O)n2c1. The summed E-state index contributed by atoms with van der Waals surface area (Å²) in [5.74, 6) is -2.18. The predicted molar refractivity (Wildman–Crippen MR) is 112 cm³/mol. The number of sulfonamides is 1. The summed E-state index contributed by atoms with van der Waals surface area (Å²) in [6.07, 6.45) is 1.57. The average Bonchev–Trinajstić information content (AvgIpc) is 2.76. The molecule has 0 bridgehead atoms. The minimum absolute atomic E-state index is 0.0144. The Labute approximate surface area is 177 Å². The molecule has 5 N–H and O–H groups in total. The molecule has 0 unspecified atom stereocenters. The van der Waals surface area contributed by atoms with Gasteiger partial charge in [0.1, 0.15) is 6.04 Å². The van der Waals surface area contributed by atoms with Crippen LogP contribution in [0.1, 0.15) is 15.9 Å². The lowest BCUT2D eigenvalue weighted by Gasteiger charge is -2.16. The van der Waals surface area contributed by atoms with Gasteiger partial charge >= 0.3 is 5.97 Å². The molecule has 162 valence electrons. The van der Waals surface area contributed by atoms with Gasteiger partial charge in [-0.25, -0.2) is 8.42 Å². The minimum Gasteiger partial charge on any atom is -0.480 e. The average molecular weight is 444 g/mol. The van der Waals surface area contributed by atoms with Gasteiger partial charge < -0.3 is 16.2 Å². The van der Waals surface area contributed by atoms with E-state index >= 15 is 0 Å². The molecule has 0 saturated heterocycles. The Bertz CT molecular complexity index is 1290. The van der Waals surface area contributed by atoms with Crippen LogP contribution in [0.4, 0.5) is 0 Å². The number of aromatic nitrogens is 1. The Balaban J connectivity index is 1.76. The van der Waals surface area contributed by atoms with Crippen molar-refractivity contribution in [2.45, 2.75) is 17.5 Å². The van der Waals surface area contributed by atoms with Gasteiger partial charge in [0.15, 0.2) is 0 Å². The standard InChI is InChI=1S/C20H20N4O6S/c21-10-13-6-7-15-8-14(9-18(25)24(15)12-13)19(26)22-11-17(20(27)28)23-31(29,30)16-4-2-1-3-5-16/h1-9,12,17,23H,10-11,21H2,(H,22,26)(H,27,28)/t17-/m0/s1. The van der Waals surface area contributed by atoms with Gasteiger partial charge in [-0.05, 0) is 29.8 Å². The third kappa shape index (κ3) is 5.15. The number of carboxylic acid groups (broad SMARTS) is 1. The van der Waals surface area contributed by atoms with Crippen LogP contribution in [0.3, 0.4) is 0 Å². The summed E-state index contributed by atoms with van der Waals surface area (Å²) in [6.45, 7) is -0.272. The quantitative estimate of drug-likeness (QED) is 0.378. The second-order valence-electron chi connectivity index (χ2n) is 6.65. The summed E-state index contributed by atoms with van der Waals surface area (Å²) in [5, 5.41) is 11.7. The number of amides is 1. The molecule has 0 aliphatic rings. The van der Waals surface area contributed by atoms with E-state index in [9.17, 15) is 27.9 Å². The lowest BCUT2D eigenvalue weighted by Crippen LogP contribution is -2.48. The number of benzene rings is 1. The van der Waals surface area contributed by atoms with Crippen LogP contribution < -0.4 is 21.3 Å². The molecular weight excluding hydrogens is 424 g/mol. The maximum Gasteiger partial charge on any atom is 0.323 e. The van der Waals surface area contributed by atoms with Crippen molar-refractivity contribution in [1.82, 2.24) is 14.4 Å². The highest BCUT2D eigenvalue weighted by Gasteiger charge is 2.26. The number of carbonyl (C=O) groups is 2. The second kappa shape index (κ2) is 9.08. The number of aliphatic carboxylic acids is 1. The third-order valence-corrected chi connectivity index (χ3v) is 5.96. The maximum atomic E-state index is 12.5. The molecular formula is C20H20N4O6S. The fourth-order valence-corrected chi connectivity index (χ4v) is 4.06. The van der Waals surface area contributed by atoms with Crippen LogP contribution in [-0.2, 0) is 21.4 Å². The van der Waals surface area contributed by atoms with Gasteiger partial charge in [0.25, 0.3) is 11.5 Å². The number of carboxylic acids is 1. The predicted octanol–water partition coefficient (Wildman–Crippen LogP) is -0.0803. The van der Waals surface area contributed by atoms with E-state index in [0.29, 0.717) is 5.52 Å². The van der Waals surface area contributed by atoms with Gasteiger partial charge in [-0.3, -0.25) is 18.8 Å². The van der Waals surface area contributed by atoms with Gasteiger partial charge in [0, 0.05) is 36.4 Å². The number of hydrogen-bond donors (Lipinski definition) is 4. The number of nitrogens with one attached hydrogen (secondary N) is 2. The zero-order valence-corrected chi connectivity index (χ0v) is 17.0. The first-order valence-electron chi connectivity index (χ1n) is 9.15.